The average Bonchev–Trinajstić information content (AvgIpc) is 2.17. The highest BCUT2D eigenvalue weighted by Gasteiger charge is 2.11. The van der Waals surface area contributed by atoms with Crippen molar-refractivity contribution >= 4 is 32.2 Å². The average molecular weight is 242 g/mol. The Balaban J connectivity index is 3.47. The van der Waals surface area contributed by atoms with Crippen LogP contribution in [0.15, 0.2) is 0 Å². The number of hydrogen-bond acceptors (Lipinski definition) is 1. The first-order valence-corrected chi connectivity index (χ1v) is 7.83. The smallest absolute Gasteiger partial charge is 0.211 e. The topological polar surface area (TPSA) is 9.23 Å². The van der Waals surface area contributed by atoms with E-state index in [1.807, 2.05) is 0 Å². The van der Waals surface area contributed by atoms with Gasteiger partial charge in [-0.3, -0.25) is 0 Å². The molecule has 4 heteroatoms. The molecule has 0 saturated carbocycles. The van der Waals surface area contributed by atoms with E-state index >= 15 is 0 Å². The van der Waals surface area contributed by atoms with Crippen molar-refractivity contribution < 1.29 is 4.43 Å². The molecule has 79 valence electrons. The molecule has 0 aromatic heterocycles. The lowest BCUT2D eigenvalue weighted by atomic mass is 10.5. The van der Waals surface area contributed by atoms with Crippen molar-refractivity contribution in [3.63, 3.8) is 0 Å². The largest absolute Gasteiger partial charge is 0.417 e. The van der Waals surface area contributed by atoms with Crippen molar-refractivity contribution in [2.24, 2.45) is 0 Å². The Hall–Kier alpha value is 0.757. The van der Waals surface area contributed by atoms with Gasteiger partial charge < -0.3 is 4.43 Å². The molecule has 13 heavy (non-hydrogen) atoms. The lowest BCUT2D eigenvalue weighted by molar-refractivity contribution is 0.317. The van der Waals surface area contributed by atoms with Gasteiger partial charge in [-0.25, -0.2) is 0 Å². The number of rotatable bonds is 9. The summed E-state index contributed by atoms with van der Waals surface area (Å²) in [6.45, 7) is 3.04. The van der Waals surface area contributed by atoms with E-state index in [-0.39, 0.29) is 0 Å². The van der Waals surface area contributed by atoms with Crippen molar-refractivity contribution in [3.05, 3.63) is 0 Å². The third-order valence-corrected chi connectivity index (χ3v) is 4.66. The van der Waals surface area contributed by atoms with Crippen LogP contribution in [-0.4, -0.2) is 27.4 Å². The predicted octanol–water partition coefficient (Wildman–Crippen LogP) is 3.66. The highest BCUT2D eigenvalue weighted by molar-refractivity contribution is 6.51. The van der Waals surface area contributed by atoms with Gasteiger partial charge in [0.25, 0.3) is 0 Å². The van der Waals surface area contributed by atoms with Crippen LogP contribution in [0.5, 0.6) is 0 Å². The molecule has 0 aromatic carbocycles. The molecule has 0 aliphatic heterocycles. The van der Waals surface area contributed by atoms with Gasteiger partial charge in [-0.2, -0.15) is 0 Å². The fraction of sp³-hybridized carbons (Fsp3) is 1.00. The van der Waals surface area contributed by atoms with Crippen molar-refractivity contribution in [3.8, 4) is 0 Å². The fourth-order valence-electron chi connectivity index (χ4n) is 1.04. The van der Waals surface area contributed by atoms with E-state index in [2.05, 4.69) is 6.92 Å². The molecule has 1 radical (unpaired) electrons. The second kappa shape index (κ2) is 10.8. The van der Waals surface area contributed by atoms with Crippen LogP contribution in [0.2, 0.25) is 12.1 Å². The molecule has 0 fully saturated rings. The molecule has 0 bridgehead atoms. The molecule has 0 atom stereocenters. The van der Waals surface area contributed by atoms with Gasteiger partial charge in [-0.05, 0) is 31.4 Å². The Morgan fingerprint density at radius 1 is 1.08 bits per heavy atom. The third kappa shape index (κ3) is 9.07. The van der Waals surface area contributed by atoms with E-state index in [1.54, 1.807) is 0 Å². The standard InChI is InChI=1S/C9H19Cl2OSi/c1-2-7-12-13(8-3-5-10)9-4-6-11/h2-9H2,1H3. The Morgan fingerprint density at radius 3 is 2.00 bits per heavy atom. The lowest BCUT2D eigenvalue weighted by Gasteiger charge is -2.13. The Labute approximate surface area is 93.5 Å². The highest BCUT2D eigenvalue weighted by Crippen LogP contribution is 2.09. The summed E-state index contributed by atoms with van der Waals surface area (Å²) < 4.78 is 5.78. The van der Waals surface area contributed by atoms with Gasteiger partial charge >= 0.3 is 0 Å². The molecule has 0 rings (SSSR count). The van der Waals surface area contributed by atoms with Crippen LogP contribution in [0.25, 0.3) is 0 Å². The molecule has 0 N–H and O–H groups in total. The van der Waals surface area contributed by atoms with Crippen molar-refractivity contribution in [2.45, 2.75) is 38.3 Å². The van der Waals surface area contributed by atoms with E-state index in [0.717, 1.165) is 37.6 Å². The zero-order valence-electron chi connectivity index (χ0n) is 8.32. The number of hydrogen-bond donors (Lipinski definition) is 0. The van der Waals surface area contributed by atoms with Crippen LogP contribution < -0.4 is 0 Å². The zero-order valence-corrected chi connectivity index (χ0v) is 10.8. The van der Waals surface area contributed by atoms with E-state index in [9.17, 15) is 0 Å². The van der Waals surface area contributed by atoms with Gasteiger partial charge in [0.05, 0.1) is 0 Å². The maximum Gasteiger partial charge on any atom is 0.211 e. The van der Waals surface area contributed by atoms with Crippen LogP contribution in [-0.2, 0) is 4.43 Å². The van der Waals surface area contributed by atoms with E-state index in [0.29, 0.717) is 0 Å². The van der Waals surface area contributed by atoms with Gasteiger partial charge in [-0.15, -0.1) is 23.2 Å². The summed E-state index contributed by atoms with van der Waals surface area (Å²) >= 11 is 11.3. The Kier molecular flexibility index (Phi) is 11.5. The summed E-state index contributed by atoms with van der Waals surface area (Å²) in [5.74, 6) is 1.51. The summed E-state index contributed by atoms with van der Waals surface area (Å²) in [7, 11) is -0.601. The minimum atomic E-state index is -0.601. The van der Waals surface area contributed by atoms with Gasteiger partial charge in [0.2, 0.25) is 9.04 Å². The van der Waals surface area contributed by atoms with E-state index in [4.69, 9.17) is 27.6 Å². The Bertz CT molecular complexity index is 84.6. The first kappa shape index (κ1) is 13.8. The summed E-state index contributed by atoms with van der Waals surface area (Å²) in [5.41, 5.74) is 0. The van der Waals surface area contributed by atoms with Gasteiger partial charge in [0.1, 0.15) is 0 Å². The van der Waals surface area contributed by atoms with Crippen LogP contribution in [0.3, 0.4) is 0 Å². The van der Waals surface area contributed by atoms with Crippen molar-refractivity contribution in [2.75, 3.05) is 18.4 Å². The van der Waals surface area contributed by atoms with Crippen LogP contribution >= 0.6 is 23.2 Å². The zero-order chi connectivity index (χ0) is 9.94. The van der Waals surface area contributed by atoms with Crippen LogP contribution in [0.4, 0.5) is 0 Å². The summed E-state index contributed by atoms with van der Waals surface area (Å²) in [6, 6.07) is 2.34. The van der Waals surface area contributed by atoms with Gasteiger partial charge in [-0.1, -0.05) is 6.92 Å². The molecule has 0 aliphatic carbocycles. The number of alkyl halides is 2. The molecular weight excluding hydrogens is 223 g/mol. The molecule has 0 unspecified atom stereocenters. The monoisotopic (exact) mass is 241 g/mol. The molecule has 0 aromatic rings. The van der Waals surface area contributed by atoms with Crippen LogP contribution in [0.1, 0.15) is 26.2 Å². The maximum absolute atomic E-state index is 5.78. The normalized spacial score (nSPS) is 11.1. The van der Waals surface area contributed by atoms with Gasteiger partial charge in [0, 0.05) is 18.4 Å². The number of halogens is 2. The molecule has 0 saturated heterocycles. The Morgan fingerprint density at radius 2 is 1.62 bits per heavy atom. The van der Waals surface area contributed by atoms with Crippen molar-refractivity contribution in [1.82, 2.24) is 0 Å². The van der Waals surface area contributed by atoms with E-state index < -0.39 is 9.04 Å². The molecule has 0 heterocycles. The summed E-state index contributed by atoms with van der Waals surface area (Å²) in [4.78, 5) is 0. The second-order valence-corrected chi connectivity index (χ2v) is 6.09. The first-order valence-electron chi connectivity index (χ1n) is 4.94. The SMILES string of the molecule is CCCO[Si](CCCCl)CCCCl. The lowest BCUT2D eigenvalue weighted by Crippen LogP contribution is -2.18. The summed E-state index contributed by atoms with van der Waals surface area (Å²) in [5, 5.41) is 0. The highest BCUT2D eigenvalue weighted by atomic mass is 35.5. The minimum absolute atomic E-state index is 0.601. The summed E-state index contributed by atoms with van der Waals surface area (Å²) in [6.07, 6.45) is 3.28. The molecule has 0 aliphatic rings. The van der Waals surface area contributed by atoms with Crippen LogP contribution in [0, 0.1) is 0 Å². The van der Waals surface area contributed by atoms with E-state index in [1.165, 1.54) is 12.1 Å². The predicted molar refractivity (Wildman–Crippen MR) is 62.3 cm³/mol. The quantitative estimate of drug-likeness (QED) is 0.443. The second-order valence-electron chi connectivity index (χ2n) is 2.97. The van der Waals surface area contributed by atoms with Crippen molar-refractivity contribution in [1.29, 1.82) is 0 Å². The minimum Gasteiger partial charge on any atom is -0.417 e. The molecule has 0 amide bonds. The molecule has 1 nitrogen and oxygen atoms in total. The fourth-order valence-corrected chi connectivity index (χ4v) is 3.93. The first-order chi connectivity index (χ1) is 6.35. The molecular formula is C9H19Cl2OSi. The third-order valence-electron chi connectivity index (χ3n) is 1.69. The molecule has 0 spiro atoms. The maximum atomic E-state index is 5.78. The van der Waals surface area contributed by atoms with Gasteiger partial charge in [0.15, 0.2) is 0 Å².